The molecule has 5 heteroatoms. The van der Waals surface area contributed by atoms with Crippen molar-refractivity contribution in [3.63, 3.8) is 0 Å². The van der Waals surface area contributed by atoms with Gasteiger partial charge in [0.05, 0.1) is 17.8 Å². The number of hydrogen-bond donors (Lipinski definition) is 0. The maximum atomic E-state index is 13.4. The van der Waals surface area contributed by atoms with Crippen molar-refractivity contribution in [3.8, 4) is 0 Å². The first-order valence-electron chi connectivity index (χ1n) is 9.91. The molecule has 2 aromatic rings. The maximum Gasteiger partial charge on any atom is 0.190 e. The molecular formula is C23H32O4S. The summed E-state index contributed by atoms with van der Waals surface area (Å²) in [4.78, 5) is 0.316. The fourth-order valence-electron chi connectivity index (χ4n) is 3.52. The van der Waals surface area contributed by atoms with Gasteiger partial charge in [-0.3, -0.25) is 0 Å². The molecule has 1 heterocycles. The number of benzene rings is 1. The van der Waals surface area contributed by atoms with Crippen LogP contribution in [0.15, 0.2) is 69.4 Å². The van der Waals surface area contributed by atoms with Crippen LogP contribution in [-0.4, -0.2) is 19.8 Å². The number of ether oxygens (including phenoxy) is 1. The van der Waals surface area contributed by atoms with Crippen LogP contribution < -0.4 is 0 Å². The van der Waals surface area contributed by atoms with E-state index in [1.54, 1.807) is 44.4 Å². The Morgan fingerprint density at radius 2 is 1.79 bits per heavy atom. The van der Waals surface area contributed by atoms with Crippen molar-refractivity contribution in [3.05, 3.63) is 65.8 Å². The predicted molar refractivity (Wildman–Crippen MR) is 113 cm³/mol. The summed E-state index contributed by atoms with van der Waals surface area (Å²) in [6.45, 7) is 10.0. The van der Waals surface area contributed by atoms with Gasteiger partial charge in [0.25, 0.3) is 0 Å². The molecule has 0 bridgehead atoms. The molecule has 0 amide bonds. The molecule has 0 fully saturated rings. The predicted octanol–water partition coefficient (Wildman–Crippen LogP) is 5.80. The first kappa shape index (κ1) is 22.3. The molecule has 4 nitrogen and oxygen atoms in total. The molecule has 0 aliphatic carbocycles. The molecule has 0 N–H and O–H groups in total. The van der Waals surface area contributed by atoms with Gasteiger partial charge in [-0.05, 0) is 69.4 Å². The van der Waals surface area contributed by atoms with Gasteiger partial charge in [-0.25, -0.2) is 8.42 Å². The lowest BCUT2D eigenvalue weighted by atomic mass is 9.92. The van der Waals surface area contributed by atoms with Crippen molar-refractivity contribution in [1.29, 1.82) is 0 Å². The third-order valence-corrected chi connectivity index (χ3v) is 7.46. The largest absolute Gasteiger partial charge is 0.497 e. The summed E-state index contributed by atoms with van der Waals surface area (Å²) >= 11 is 0. The number of rotatable bonds is 10. The van der Waals surface area contributed by atoms with Crippen molar-refractivity contribution in [2.45, 2.75) is 63.5 Å². The lowest BCUT2D eigenvalue weighted by molar-refractivity contribution is 0.198. The number of furan rings is 1. The van der Waals surface area contributed by atoms with Gasteiger partial charge in [0.15, 0.2) is 9.84 Å². The molecule has 1 aromatic heterocycles. The normalized spacial score (nSPS) is 14.5. The van der Waals surface area contributed by atoms with E-state index in [4.69, 9.17) is 9.15 Å². The van der Waals surface area contributed by atoms with E-state index < -0.39 is 14.6 Å². The van der Waals surface area contributed by atoms with Crippen LogP contribution in [0.25, 0.3) is 0 Å². The van der Waals surface area contributed by atoms with Gasteiger partial charge in [-0.2, -0.15) is 0 Å². The van der Waals surface area contributed by atoms with Crippen molar-refractivity contribution < 1.29 is 17.6 Å². The lowest BCUT2D eigenvalue weighted by Crippen LogP contribution is -2.36. The van der Waals surface area contributed by atoms with Crippen LogP contribution in [0.1, 0.15) is 53.2 Å². The highest BCUT2D eigenvalue weighted by molar-refractivity contribution is 7.93. The van der Waals surface area contributed by atoms with Crippen LogP contribution in [-0.2, 0) is 21.0 Å². The summed E-state index contributed by atoms with van der Waals surface area (Å²) in [6.07, 6.45) is 3.99. The minimum atomic E-state index is -3.60. The van der Waals surface area contributed by atoms with Crippen LogP contribution in [0, 0.1) is 5.92 Å². The summed E-state index contributed by atoms with van der Waals surface area (Å²) in [5.74, 6) is 1.83. The van der Waals surface area contributed by atoms with Crippen molar-refractivity contribution >= 4 is 9.84 Å². The van der Waals surface area contributed by atoms with Crippen molar-refractivity contribution in [1.82, 2.24) is 0 Å². The summed E-state index contributed by atoms with van der Waals surface area (Å²) in [5, 5.41) is 0. The molecule has 0 saturated heterocycles. The van der Waals surface area contributed by atoms with E-state index in [1.807, 2.05) is 25.1 Å². The number of allylic oxidation sites excluding steroid dienone is 1. The summed E-state index contributed by atoms with van der Waals surface area (Å²) < 4.78 is 37.1. The highest BCUT2D eigenvalue weighted by Gasteiger charge is 2.42. The summed E-state index contributed by atoms with van der Waals surface area (Å²) in [5.41, 5.74) is 1.05. The van der Waals surface area contributed by atoms with Gasteiger partial charge >= 0.3 is 0 Å². The zero-order chi connectivity index (χ0) is 20.8. The zero-order valence-corrected chi connectivity index (χ0v) is 18.4. The number of sulfone groups is 1. The zero-order valence-electron chi connectivity index (χ0n) is 17.6. The van der Waals surface area contributed by atoms with E-state index in [-0.39, 0.29) is 0 Å². The summed E-state index contributed by atoms with van der Waals surface area (Å²) in [6, 6.07) is 12.5. The smallest absolute Gasteiger partial charge is 0.190 e. The van der Waals surface area contributed by atoms with Gasteiger partial charge in [0.2, 0.25) is 0 Å². The standard InChI is InChI=1S/C23H32O4S/c1-6-19(16-18(3)17-20-12-11-15-27-20)22(26-7-2)23(4,5)28(24,25)21-13-9-8-10-14-21/h8-15,18H,6-7,16-17H2,1-5H3/b22-19+. The molecule has 154 valence electrons. The van der Waals surface area contributed by atoms with Crippen LogP contribution in [0.2, 0.25) is 0 Å². The van der Waals surface area contributed by atoms with Crippen molar-refractivity contribution in [2.24, 2.45) is 5.92 Å². The quantitative estimate of drug-likeness (QED) is 0.470. The molecule has 1 unspecified atom stereocenters. The Morgan fingerprint density at radius 3 is 2.32 bits per heavy atom. The SMILES string of the molecule is CCO/C(=C(\CC)CC(C)Cc1ccco1)C(C)(C)S(=O)(=O)c1ccccc1. The van der Waals surface area contributed by atoms with Crippen LogP contribution in [0.3, 0.4) is 0 Å². The Morgan fingerprint density at radius 1 is 1.11 bits per heavy atom. The second-order valence-electron chi connectivity index (χ2n) is 7.64. The van der Waals surface area contributed by atoms with Crippen molar-refractivity contribution in [2.75, 3.05) is 6.61 Å². The molecular weight excluding hydrogens is 372 g/mol. The number of hydrogen-bond acceptors (Lipinski definition) is 4. The summed E-state index contributed by atoms with van der Waals surface area (Å²) in [7, 11) is -3.60. The Hall–Kier alpha value is -2.01. The lowest BCUT2D eigenvalue weighted by Gasteiger charge is -2.31. The first-order chi connectivity index (χ1) is 13.2. The third-order valence-electron chi connectivity index (χ3n) is 5.03. The van der Waals surface area contributed by atoms with E-state index in [2.05, 4.69) is 13.8 Å². The molecule has 0 radical (unpaired) electrons. The minimum Gasteiger partial charge on any atom is -0.497 e. The molecule has 1 aromatic carbocycles. The second-order valence-corrected chi connectivity index (χ2v) is 10.1. The first-order valence-corrected chi connectivity index (χ1v) is 11.4. The van der Waals surface area contributed by atoms with E-state index in [9.17, 15) is 8.42 Å². The monoisotopic (exact) mass is 404 g/mol. The third kappa shape index (κ3) is 4.88. The van der Waals surface area contributed by atoms with Gasteiger partial charge in [-0.1, -0.05) is 32.0 Å². The average Bonchev–Trinajstić information content (AvgIpc) is 3.17. The van der Waals surface area contributed by atoms with Gasteiger partial charge < -0.3 is 9.15 Å². The van der Waals surface area contributed by atoms with Gasteiger partial charge in [-0.15, -0.1) is 0 Å². The topological polar surface area (TPSA) is 56.5 Å². The van der Waals surface area contributed by atoms with Crippen LogP contribution in [0.5, 0.6) is 0 Å². The second kappa shape index (κ2) is 9.46. The molecule has 2 rings (SSSR count). The Labute approximate surface area is 169 Å². The Kier molecular flexibility index (Phi) is 7.53. The highest BCUT2D eigenvalue weighted by atomic mass is 32.2. The molecule has 0 saturated carbocycles. The van der Waals surface area contributed by atoms with E-state index in [0.29, 0.717) is 23.2 Å². The van der Waals surface area contributed by atoms with E-state index in [1.165, 1.54) is 0 Å². The van der Waals surface area contributed by atoms with Gasteiger partial charge in [0, 0.05) is 6.42 Å². The maximum absolute atomic E-state index is 13.4. The molecule has 28 heavy (non-hydrogen) atoms. The van der Waals surface area contributed by atoms with Gasteiger partial charge in [0.1, 0.15) is 16.3 Å². The molecule has 0 aliphatic heterocycles. The fraction of sp³-hybridized carbons (Fsp3) is 0.478. The van der Waals surface area contributed by atoms with Crippen LogP contribution >= 0.6 is 0 Å². The van der Waals surface area contributed by atoms with E-state index in [0.717, 1.165) is 30.6 Å². The van der Waals surface area contributed by atoms with Crippen LogP contribution in [0.4, 0.5) is 0 Å². The fourth-order valence-corrected chi connectivity index (χ4v) is 5.08. The molecule has 1 atom stereocenters. The van der Waals surface area contributed by atoms with E-state index >= 15 is 0 Å². The Balaban J connectivity index is 2.40. The minimum absolute atomic E-state index is 0.312. The molecule has 0 aliphatic rings. The molecule has 0 spiro atoms. The Bertz CT molecular complexity index is 863. The average molecular weight is 405 g/mol. The highest BCUT2D eigenvalue weighted by Crippen LogP contribution is 2.37.